The molecule has 2 heterocycles. The Kier molecular flexibility index (Phi) is 5.14. The van der Waals surface area contributed by atoms with Gasteiger partial charge in [-0.25, -0.2) is 4.98 Å². The van der Waals surface area contributed by atoms with Gasteiger partial charge in [-0.15, -0.1) is 0 Å². The third-order valence-electron chi connectivity index (χ3n) is 4.99. The molecule has 0 radical (unpaired) electrons. The molecule has 5 nitrogen and oxygen atoms in total. The van der Waals surface area contributed by atoms with Crippen LogP contribution >= 0.6 is 11.6 Å². The van der Waals surface area contributed by atoms with Gasteiger partial charge in [0.2, 0.25) is 0 Å². The van der Waals surface area contributed by atoms with Crippen LogP contribution < -0.4 is 0 Å². The van der Waals surface area contributed by atoms with E-state index in [0.717, 1.165) is 30.5 Å². The van der Waals surface area contributed by atoms with E-state index >= 15 is 0 Å². The number of hydrogen-bond donors (Lipinski definition) is 1. The molecule has 0 unspecified atom stereocenters. The Labute approximate surface area is 162 Å². The van der Waals surface area contributed by atoms with Crippen LogP contribution in [0, 0.1) is 5.92 Å². The first kappa shape index (κ1) is 18.0. The lowest BCUT2D eigenvalue weighted by molar-refractivity contribution is 0.0620. The molecule has 0 aliphatic carbocycles. The third kappa shape index (κ3) is 3.99. The van der Waals surface area contributed by atoms with E-state index in [4.69, 9.17) is 16.0 Å². The zero-order chi connectivity index (χ0) is 18.8. The molecule has 1 N–H and O–H groups in total. The fourth-order valence-corrected chi connectivity index (χ4v) is 3.80. The number of likely N-dealkylation sites (tertiary alicyclic amines) is 1. The average molecular weight is 385 g/mol. The fourth-order valence-electron chi connectivity index (χ4n) is 3.58. The Balaban J connectivity index is 1.54. The van der Waals surface area contributed by atoms with Gasteiger partial charge in [-0.3, -0.25) is 4.79 Å². The van der Waals surface area contributed by atoms with Crippen LogP contribution in [0.1, 0.15) is 34.7 Å². The zero-order valence-electron chi connectivity index (χ0n) is 14.9. The summed E-state index contributed by atoms with van der Waals surface area (Å²) in [6.07, 6.45) is 2.43. The fraction of sp³-hybridized carbons (Fsp3) is 0.333. The zero-order valence-corrected chi connectivity index (χ0v) is 15.7. The number of benzene rings is 2. The summed E-state index contributed by atoms with van der Waals surface area (Å²) in [7, 11) is 0. The van der Waals surface area contributed by atoms with Crippen molar-refractivity contribution in [3.8, 4) is 0 Å². The standard InChI is InChI=1S/C21H21ClN2O3/c22-17-5-1-3-14(9-17)10-20-23-18-7-6-16(11-19(18)27-20)21(26)24-8-2-4-15(12-24)13-25/h1,3,5-7,9,11,15,25H,2,4,8,10,12-13H2/t15-/m1/s1. The molecule has 1 amide bonds. The van der Waals surface area contributed by atoms with Crippen molar-refractivity contribution in [2.24, 2.45) is 5.92 Å². The molecular weight excluding hydrogens is 364 g/mol. The van der Waals surface area contributed by atoms with Crippen molar-refractivity contribution in [1.82, 2.24) is 9.88 Å². The maximum Gasteiger partial charge on any atom is 0.254 e. The second kappa shape index (κ2) is 7.71. The van der Waals surface area contributed by atoms with Gasteiger partial charge in [0, 0.05) is 36.7 Å². The minimum Gasteiger partial charge on any atom is -0.440 e. The molecule has 1 aliphatic heterocycles. The van der Waals surface area contributed by atoms with Crippen LogP contribution in [0.5, 0.6) is 0 Å². The minimum absolute atomic E-state index is 0.0251. The summed E-state index contributed by atoms with van der Waals surface area (Å²) in [5.74, 6) is 0.735. The van der Waals surface area contributed by atoms with Gasteiger partial charge in [-0.05, 0) is 54.7 Å². The molecule has 0 spiro atoms. The van der Waals surface area contributed by atoms with E-state index in [-0.39, 0.29) is 18.4 Å². The predicted octanol–water partition coefficient (Wildman–Crippen LogP) is 3.92. The highest BCUT2D eigenvalue weighted by atomic mass is 35.5. The van der Waals surface area contributed by atoms with Crippen molar-refractivity contribution in [3.05, 3.63) is 64.5 Å². The number of oxazole rings is 1. The van der Waals surface area contributed by atoms with E-state index in [9.17, 15) is 9.90 Å². The largest absolute Gasteiger partial charge is 0.440 e. The highest BCUT2D eigenvalue weighted by Crippen LogP contribution is 2.23. The molecule has 4 rings (SSSR count). The van der Waals surface area contributed by atoms with Crippen LogP contribution in [0.3, 0.4) is 0 Å². The van der Waals surface area contributed by atoms with Gasteiger partial charge in [-0.1, -0.05) is 23.7 Å². The van der Waals surface area contributed by atoms with E-state index in [1.54, 1.807) is 12.1 Å². The molecule has 1 saturated heterocycles. The van der Waals surface area contributed by atoms with Crippen molar-refractivity contribution < 1.29 is 14.3 Å². The number of aliphatic hydroxyl groups excluding tert-OH is 1. The van der Waals surface area contributed by atoms with Crippen LogP contribution in [0.15, 0.2) is 46.9 Å². The van der Waals surface area contributed by atoms with Crippen LogP contribution in [-0.2, 0) is 6.42 Å². The van der Waals surface area contributed by atoms with E-state index < -0.39 is 0 Å². The van der Waals surface area contributed by atoms with Crippen molar-refractivity contribution in [2.75, 3.05) is 19.7 Å². The van der Waals surface area contributed by atoms with E-state index in [1.165, 1.54) is 0 Å². The molecule has 1 atom stereocenters. The quantitative estimate of drug-likeness (QED) is 0.740. The van der Waals surface area contributed by atoms with Crippen LogP contribution in [0.2, 0.25) is 5.02 Å². The van der Waals surface area contributed by atoms with Crippen LogP contribution in [0.4, 0.5) is 0 Å². The number of hydrogen-bond acceptors (Lipinski definition) is 4. The monoisotopic (exact) mass is 384 g/mol. The Hall–Kier alpha value is -2.37. The predicted molar refractivity (Wildman–Crippen MR) is 104 cm³/mol. The normalized spacial score (nSPS) is 17.4. The molecule has 0 bridgehead atoms. The summed E-state index contributed by atoms with van der Waals surface area (Å²) in [6, 6.07) is 13.0. The number of piperidine rings is 1. The summed E-state index contributed by atoms with van der Waals surface area (Å²) in [5, 5.41) is 10.1. The van der Waals surface area contributed by atoms with E-state index in [0.29, 0.717) is 35.0 Å². The topological polar surface area (TPSA) is 66.6 Å². The van der Waals surface area contributed by atoms with Crippen molar-refractivity contribution in [3.63, 3.8) is 0 Å². The first-order valence-corrected chi connectivity index (χ1v) is 9.54. The molecule has 1 aromatic heterocycles. The van der Waals surface area contributed by atoms with Gasteiger partial charge in [0.1, 0.15) is 5.52 Å². The Morgan fingerprint density at radius 1 is 1.30 bits per heavy atom. The van der Waals surface area contributed by atoms with Gasteiger partial charge >= 0.3 is 0 Å². The highest BCUT2D eigenvalue weighted by molar-refractivity contribution is 6.30. The van der Waals surface area contributed by atoms with Gasteiger partial charge in [0.05, 0.1) is 0 Å². The van der Waals surface area contributed by atoms with Crippen LogP contribution in [0.25, 0.3) is 11.1 Å². The number of fused-ring (bicyclic) bond motifs is 1. The summed E-state index contributed by atoms with van der Waals surface area (Å²) in [4.78, 5) is 19.1. The number of carbonyl (C=O) groups is 1. The van der Waals surface area contributed by atoms with Gasteiger partial charge in [-0.2, -0.15) is 0 Å². The summed E-state index contributed by atoms with van der Waals surface area (Å²) in [5.41, 5.74) is 2.95. The smallest absolute Gasteiger partial charge is 0.254 e. The van der Waals surface area contributed by atoms with Gasteiger partial charge < -0.3 is 14.4 Å². The lowest BCUT2D eigenvalue weighted by atomic mass is 9.98. The Bertz CT molecular complexity index is 969. The number of amides is 1. The molecule has 3 aromatic rings. The lowest BCUT2D eigenvalue weighted by Gasteiger charge is -2.31. The number of aliphatic hydroxyl groups is 1. The number of carbonyl (C=O) groups excluding carboxylic acids is 1. The second-order valence-electron chi connectivity index (χ2n) is 7.04. The molecule has 6 heteroatoms. The van der Waals surface area contributed by atoms with Crippen molar-refractivity contribution in [1.29, 1.82) is 0 Å². The van der Waals surface area contributed by atoms with Crippen molar-refractivity contribution in [2.45, 2.75) is 19.3 Å². The Morgan fingerprint density at radius 2 is 2.19 bits per heavy atom. The summed E-state index contributed by atoms with van der Waals surface area (Å²) < 4.78 is 5.87. The lowest BCUT2D eigenvalue weighted by Crippen LogP contribution is -2.40. The number of halogens is 1. The average Bonchev–Trinajstić information content (AvgIpc) is 3.08. The first-order chi connectivity index (χ1) is 13.1. The van der Waals surface area contributed by atoms with Gasteiger partial charge in [0.15, 0.2) is 11.5 Å². The summed E-state index contributed by atoms with van der Waals surface area (Å²) in [6.45, 7) is 1.45. The Morgan fingerprint density at radius 3 is 3.00 bits per heavy atom. The molecular formula is C21H21ClN2O3. The second-order valence-corrected chi connectivity index (χ2v) is 7.48. The minimum atomic E-state index is -0.0251. The van der Waals surface area contributed by atoms with E-state index in [1.807, 2.05) is 35.2 Å². The molecule has 140 valence electrons. The molecule has 1 fully saturated rings. The highest BCUT2D eigenvalue weighted by Gasteiger charge is 2.24. The van der Waals surface area contributed by atoms with E-state index in [2.05, 4.69) is 4.98 Å². The number of nitrogens with zero attached hydrogens (tertiary/aromatic N) is 2. The SMILES string of the molecule is O=C(c1ccc2nc(Cc3cccc(Cl)c3)oc2c1)N1CCC[C@@H](CO)C1. The number of rotatable bonds is 4. The first-order valence-electron chi connectivity index (χ1n) is 9.16. The van der Waals surface area contributed by atoms with Gasteiger partial charge in [0.25, 0.3) is 5.91 Å². The van der Waals surface area contributed by atoms with Crippen molar-refractivity contribution >= 4 is 28.6 Å². The van der Waals surface area contributed by atoms with Crippen LogP contribution in [-0.4, -0.2) is 40.6 Å². The maximum absolute atomic E-state index is 12.8. The third-order valence-corrected chi connectivity index (χ3v) is 5.22. The molecule has 1 aliphatic rings. The molecule has 0 saturated carbocycles. The number of aromatic nitrogens is 1. The molecule has 2 aromatic carbocycles. The maximum atomic E-state index is 12.8. The summed E-state index contributed by atoms with van der Waals surface area (Å²) >= 11 is 6.03. The molecule has 27 heavy (non-hydrogen) atoms.